The van der Waals surface area contributed by atoms with Gasteiger partial charge in [0.15, 0.2) is 0 Å². The maximum Gasteiger partial charge on any atom is 0.445 e. The minimum atomic E-state index is -4.64. The number of halogens is 3. The molecule has 2 rings (SSSR count). The molecule has 1 heterocycles. The highest BCUT2D eigenvalue weighted by Crippen LogP contribution is 2.33. The molecule has 0 spiro atoms. The molecule has 0 unspecified atom stereocenters. The molecule has 12 heteroatoms. The number of alkyl halides is 3. The van der Waals surface area contributed by atoms with Crippen molar-refractivity contribution in [1.29, 1.82) is 0 Å². The van der Waals surface area contributed by atoms with Crippen molar-refractivity contribution >= 4 is 38.1 Å². The fourth-order valence-electron chi connectivity index (χ4n) is 1.63. The highest BCUT2D eigenvalue weighted by atomic mass is 32.2. The smallest absolute Gasteiger partial charge is 0.296 e. The van der Waals surface area contributed by atoms with E-state index in [-0.39, 0.29) is 27.7 Å². The molecule has 0 bridgehead atoms. The third-order valence-corrected chi connectivity index (χ3v) is 4.16. The Hall–Kier alpha value is -2.21. The zero-order chi connectivity index (χ0) is 18.1. The lowest BCUT2D eigenvalue weighted by molar-refractivity contribution is -0.138. The minimum Gasteiger partial charge on any atom is -0.296 e. The third kappa shape index (κ3) is 4.64. The standard InChI is InChI=1S/C12H11F3N4O3S2/c1-6-3-4-7(5-8(6)19-24(2,21)22)9(20)16-11-18-17-10(23-11)12(13,14)15/h3-5,19H,1-2H3,(H,16,18,20). The van der Waals surface area contributed by atoms with E-state index in [1.165, 1.54) is 18.2 Å². The molecule has 0 saturated heterocycles. The minimum absolute atomic E-state index is 0.0514. The molecule has 130 valence electrons. The van der Waals surface area contributed by atoms with Crippen LogP contribution in [0.1, 0.15) is 20.9 Å². The predicted octanol–water partition coefficient (Wildman–Crippen LogP) is 2.49. The van der Waals surface area contributed by atoms with E-state index in [1.807, 2.05) is 0 Å². The van der Waals surface area contributed by atoms with Crippen LogP contribution in [0.25, 0.3) is 0 Å². The fraction of sp³-hybridized carbons (Fsp3) is 0.250. The molecule has 2 aromatic rings. The summed E-state index contributed by atoms with van der Waals surface area (Å²) in [6.07, 6.45) is -3.68. The fourth-order valence-corrected chi connectivity index (χ4v) is 2.86. The van der Waals surface area contributed by atoms with Crippen LogP contribution in [0.2, 0.25) is 0 Å². The van der Waals surface area contributed by atoms with E-state index >= 15 is 0 Å². The molecule has 7 nitrogen and oxygen atoms in total. The molecule has 0 fully saturated rings. The van der Waals surface area contributed by atoms with Gasteiger partial charge in [0.25, 0.3) is 5.91 Å². The maximum absolute atomic E-state index is 12.4. The van der Waals surface area contributed by atoms with E-state index in [0.717, 1.165) is 6.26 Å². The van der Waals surface area contributed by atoms with Gasteiger partial charge in [0.05, 0.1) is 11.9 Å². The quantitative estimate of drug-likeness (QED) is 0.849. The van der Waals surface area contributed by atoms with E-state index in [9.17, 15) is 26.4 Å². The summed E-state index contributed by atoms with van der Waals surface area (Å²) in [6.45, 7) is 1.63. The van der Waals surface area contributed by atoms with E-state index in [2.05, 4.69) is 20.2 Å². The van der Waals surface area contributed by atoms with Gasteiger partial charge in [-0.25, -0.2) is 8.42 Å². The van der Waals surface area contributed by atoms with Gasteiger partial charge >= 0.3 is 6.18 Å². The number of hydrogen-bond donors (Lipinski definition) is 2. The number of sulfonamides is 1. The van der Waals surface area contributed by atoms with Gasteiger partial charge in [0.2, 0.25) is 20.2 Å². The van der Waals surface area contributed by atoms with E-state index in [4.69, 9.17) is 0 Å². The molecule has 1 aromatic carbocycles. The first-order valence-electron chi connectivity index (χ1n) is 6.26. The molecule has 2 N–H and O–H groups in total. The highest BCUT2D eigenvalue weighted by molar-refractivity contribution is 7.92. The average Bonchev–Trinajstić information content (AvgIpc) is 2.88. The van der Waals surface area contributed by atoms with Gasteiger partial charge < -0.3 is 0 Å². The Morgan fingerprint density at radius 2 is 1.92 bits per heavy atom. The molecular weight excluding hydrogens is 369 g/mol. The molecule has 0 radical (unpaired) electrons. The zero-order valence-electron chi connectivity index (χ0n) is 12.3. The van der Waals surface area contributed by atoms with Crippen molar-refractivity contribution in [2.24, 2.45) is 0 Å². The van der Waals surface area contributed by atoms with E-state index < -0.39 is 27.1 Å². The van der Waals surface area contributed by atoms with Crippen LogP contribution in [0.4, 0.5) is 24.0 Å². The second-order valence-electron chi connectivity index (χ2n) is 4.77. The summed E-state index contributed by atoms with van der Waals surface area (Å²) in [5, 5.41) is 6.90. The Balaban J connectivity index is 2.21. The number of rotatable bonds is 4. The third-order valence-electron chi connectivity index (χ3n) is 2.68. The Bertz CT molecular complexity index is 878. The topological polar surface area (TPSA) is 101 Å². The normalized spacial score (nSPS) is 12.0. The summed E-state index contributed by atoms with van der Waals surface area (Å²) in [4.78, 5) is 12.1. The average molecular weight is 380 g/mol. The number of anilines is 2. The number of nitrogens with one attached hydrogen (secondary N) is 2. The van der Waals surface area contributed by atoms with Gasteiger partial charge in [-0.3, -0.25) is 14.8 Å². The first-order chi connectivity index (χ1) is 11.0. The van der Waals surface area contributed by atoms with Crippen molar-refractivity contribution in [2.75, 3.05) is 16.3 Å². The number of benzene rings is 1. The van der Waals surface area contributed by atoms with Crippen LogP contribution in [0, 0.1) is 6.92 Å². The zero-order valence-corrected chi connectivity index (χ0v) is 13.9. The van der Waals surface area contributed by atoms with Crippen molar-refractivity contribution in [3.8, 4) is 0 Å². The Kier molecular flexibility index (Phi) is 4.80. The predicted molar refractivity (Wildman–Crippen MR) is 82.5 cm³/mol. The monoisotopic (exact) mass is 380 g/mol. The Morgan fingerprint density at radius 1 is 1.25 bits per heavy atom. The summed E-state index contributed by atoms with van der Waals surface area (Å²) >= 11 is 0.190. The SMILES string of the molecule is Cc1ccc(C(=O)Nc2nnc(C(F)(F)F)s2)cc1NS(C)(=O)=O. The summed E-state index contributed by atoms with van der Waals surface area (Å²) < 4.78 is 62.2. The molecule has 0 saturated carbocycles. The van der Waals surface area contributed by atoms with Crippen LogP contribution in [-0.4, -0.2) is 30.8 Å². The number of hydrogen-bond acceptors (Lipinski definition) is 6. The first kappa shape index (κ1) is 18.1. The van der Waals surface area contributed by atoms with Crippen LogP contribution in [0.5, 0.6) is 0 Å². The summed E-state index contributed by atoms with van der Waals surface area (Å²) in [5.74, 6) is -0.739. The Morgan fingerprint density at radius 3 is 2.46 bits per heavy atom. The summed E-state index contributed by atoms with van der Waals surface area (Å²) in [6, 6.07) is 4.19. The number of amides is 1. The van der Waals surface area contributed by atoms with Gasteiger partial charge in [-0.05, 0) is 24.6 Å². The van der Waals surface area contributed by atoms with Gasteiger partial charge in [0, 0.05) is 5.56 Å². The van der Waals surface area contributed by atoms with Crippen LogP contribution in [0.3, 0.4) is 0 Å². The van der Waals surface area contributed by atoms with Crippen molar-refractivity contribution < 1.29 is 26.4 Å². The lowest BCUT2D eigenvalue weighted by Gasteiger charge is -2.09. The molecule has 1 aromatic heterocycles. The largest absolute Gasteiger partial charge is 0.445 e. The van der Waals surface area contributed by atoms with Crippen molar-refractivity contribution in [2.45, 2.75) is 13.1 Å². The van der Waals surface area contributed by atoms with Crippen molar-refractivity contribution in [1.82, 2.24) is 10.2 Å². The second kappa shape index (κ2) is 6.36. The van der Waals surface area contributed by atoms with Gasteiger partial charge in [0.1, 0.15) is 0 Å². The van der Waals surface area contributed by atoms with E-state index in [1.54, 1.807) is 6.92 Å². The maximum atomic E-state index is 12.4. The number of carbonyl (C=O) groups is 1. The van der Waals surface area contributed by atoms with E-state index in [0.29, 0.717) is 5.56 Å². The lowest BCUT2D eigenvalue weighted by atomic mass is 10.1. The number of aromatic nitrogens is 2. The van der Waals surface area contributed by atoms with Gasteiger partial charge in [-0.2, -0.15) is 13.2 Å². The van der Waals surface area contributed by atoms with Crippen LogP contribution < -0.4 is 10.0 Å². The number of carbonyl (C=O) groups excluding carboxylic acids is 1. The molecule has 0 aliphatic rings. The second-order valence-corrected chi connectivity index (χ2v) is 7.49. The van der Waals surface area contributed by atoms with Gasteiger partial charge in [-0.1, -0.05) is 17.4 Å². The molecule has 0 aliphatic heterocycles. The Labute approximate surface area is 139 Å². The highest BCUT2D eigenvalue weighted by Gasteiger charge is 2.35. The van der Waals surface area contributed by atoms with Crippen LogP contribution in [0.15, 0.2) is 18.2 Å². The van der Waals surface area contributed by atoms with Crippen molar-refractivity contribution in [3.05, 3.63) is 34.3 Å². The van der Waals surface area contributed by atoms with Crippen molar-refractivity contribution in [3.63, 3.8) is 0 Å². The lowest BCUT2D eigenvalue weighted by Crippen LogP contribution is -2.14. The molecule has 0 atom stereocenters. The molecular formula is C12H11F3N4O3S2. The summed E-state index contributed by atoms with van der Waals surface area (Å²) in [7, 11) is -3.54. The summed E-state index contributed by atoms with van der Waals surface area (Å²) in [5.41, 5.74) is 0.821. The first-order valence-corrected chi connectivity index (χ1v) is 8.97. The molecule has 0 aliphatic carbocycles. The van der Waals surface area contributed by atoms with Crippen LogP contribution >= 0.6 is 11.3 Å². The van der Waals surface area contributed by atoms with Gasteiger partial charge in [-0.15, -0.1) is 10.2 Å². The number of nitrogens with zero attached hydrogens (tertiary/aromatic N) is 2. The number of aryl methyl sites for hydroxylation is 1. The van der Waals surface area contributed by atoms with Crippen LogP contribution in [-0.2, 0) is 16.2 Å². The molecule has 24 heavy (non-hydrogen) atoms. The molecule has 1 amide bonds.